The number of hydrogen-bond donors (Lipinski definition) is 1. The highest BCUT2D eigenvalue weighted by atomic mass is 16.3. The van der Waals surface area contributed by atoms with E-state index < -0.39 is 0 Å². The van der Waals surface area contributed by atoms with E-state index in [1.807, 2.05) is 6.07 Å². The number of rotatable bonds is 6. The minimum atomic E-state index is 0.369. The van der Waals surface area contributed by atoms with Crippen molar-refractivity contribution in [2.24, 2.45) is 5.92 Å². The molecule has 0 bridgehead atoms. The minimum Gasteiger partial charge on any atom is -0.468 e. The average Bonchev–Trinajstić information content (AvgIpc) is 3.00. The SMILES string of the molecule is CCC(NCC1CCN(C(C)C)C1)c1ccco1. The van der Waals surface area contributed by atoms with E-state index in [4.69, 9.17) is 4.42 Å². The fraction of sp³-hybridized carbons (Fsp3) is 0.733. The molecule has 0 radical (unpaired) electrons. The van der Waals surface area contributed by atoms with Gasteiger partial charge in [-0.1, -0.05) is 6.92 Å². The van der Waals surface area contributed by atoms with Gasteiger partial charge in [0.2, 0.25) is 0 Å². The van der Waals surface area contributed by atoms with Gasteiger partial charge in [0.05, 0.1) is 12.3 Å². The summed E-state index contributed by atoms with van der Waals surface area (Å²) < 4.78 is 5.49. The van der Waals surface area contributed by atoms with E-state index >= 15 is 0 Å². The standard InChI is InChI=1S/C15H26N2O/c1-4-14(15-6-5-9-18-15)16-10-13-7-8-17(11-13)12(2)3/h5-6,9,12-14,16H,4,7-8,10-11H2,1-3H3. The first kappa shape index (κ1) is 13.6. The fourth-order valence-corrected chi connectivity index (χ4v) is 2.74. The molecule has 1 fully saturated rings. The lowest BCUT2D eigenvalue weighted by molar-refractivity contribution is 0.261. The van der Waals surface area contributed by atoms with E-state index in [1.54, 1.807) is 6.26 Å². The molecule has 1 aliphatic rings. The molecule has 2 atom stereocenters. The van der Waals surface area contributed by atoms with Crippen LogP contribution in [0.15, 0.2) is 22.8 Å². The van der Waals surface area contributed by atoms with Crippen molar-refractivity contribution in [1.82, 2.24) is 10.2 Å². The van der Waals surface area contributed by atoms with Crippen molar-refractivity contribution in [3.8, 4) is 0 Å². The molecule has 3 heteroatoms. The molecular formula is C15H26N2O. The molecule has 2 rings (SSSR count). The van der Waals surface area contributed by atoms with Gasteiger partial charge in [0.1, 0.15) is 5.76 Å². The molecule has 0 saturated carbocycles. The normalized spacial score (nSPS) is 22.8. The summed E-state index contributed by atoms with van der Waals surface area (Å²) in [6.45, 7) is 10.4. The Hall–Kier alpha value is -0.800. The second-order valence-corrected chi connectivity index (χ2v) is 5.63. The Balaban J connectivity index is 1.78. The monoisotopic (exact) mass is 250 g/mol. The average molecular weight is 250 g/mol. The van der Waals surface area contributed by atoms with Crippen LogP contribution < -0.4 is 5.32 Å². The number of nitrogens with one attached hydrogen (secondary N) is 1. The van der Waals surface area contributed by atoms with Crippen LogP contribution in [0.4, 0.5) is 0 Å². The van der Waals surface area contributed by atoms with Crippen molar-refractivity contribution in [3.05, 3.63) is 24.2 Å². The van der Waals surface area contributed by atoms with Gasteiger partial charge in [0, 0.05) is 12.6 Å². The quantitative estimate of drug-likeness (QED) is 0.841. The molecule has 1 aliphatic heterocycles. The van der Waals surface area contributed by atoms with Gasteiger partial charge in [-0.15, -0.1) is 0 Å². The van der Waals surface area contributed by atoms with Gasteiger partial charge in [-0.05, 0) is 57.8 Å². The van der Waals surface area contributed by atoms with E-state index in [0.29, 0.717) is 12.1 Å². The third-order valence-electron chi connectivity index (χ3n) is 4.00. The van der Waals surface area contributed by atoms with Gasteiger partial charge in [-0.3, -0.25) is 0 Å². The lowest BCUT2D eigenvalue weighted by Crippen LogP contribution is -2.31. The van der Waals surface area contributed by atoms with Crippen LogP contribution in [0.5, 0.6) is 0 Å². The molecule has 2 unspecified atom stereocenters. The Labute approximate surface area is 111 Å². The molecule has 1 aromatic rings. The van der Waals surface area contributed by atoms with Crippen molar-refractivity contribution in [2.45, 2.75) is 45.7 Å². The van der Waals surface area contributed by atoms with Gasteiger partial charge in [-0.2, -0.15) is 0 Å². The maximum absolute atomic E-state index is 5.49. The topological polar surface area (TPSA) is 28.4 Å². The maximum atomic E-state index is 5.49. The molecule has 0 aliphatic carbocycles. The summed E-state index contributed by atoms with van der Waals surface area (Å²) in [5.41, 5.74) is 0. The van der Waals surface area contributed by atoms with Crippen LogP contribution in [0.25, 0.3) is 0 Å². The summed E-state index contributed by atoms with van der Waals surface area (Å²) in [7, 11) is 0. The van der Waals surface area contributed by atoms with Gasteiger partial charge >= 0.3 is 0 Å². The second-order valence-electron chi connectivity index (χ2n) is 5.63. The number of nitrogens with zero attached hydrogens (tertiary/aromatic N) is 1. The molecule has 2 heterocycles. The summed E-state index contributed by atoms with van der Waals surface area (Å²) in [5, 5.41) is 3.65. The van der Waals surface area contributed by atoms with Crippen LogP contribution in [-0.4, -0.2) is 30.6 Å². The second kappa shape index (κ2) is 6.39. The first-order chi connectivity index (χ1) is 8.70. The lowest BCUT2D eigenvalue weighted by Gasteiger charge is -2.21. The van der Waals surface area contributed by atoms with Crippen molar-refractivity contribution in [1.29, 1.82) is 0 Å². The van der Waals surface area contributed by atoms with E-state index in [1.165, 1.54) is 19.5 Å². The smallest absolute Gasteiger partial charge is 0.120 e. The molecule has 1 aromatic heterocycles. The summed E-state index contributed by atoms with van der Waals surface area (Å²) in [4.78, 5) is 2.57. The van der Waals surface area contributed by atoms with Crippen LogP contribution in [0.3, 0.4) is 0 Å². The van der Waals surface area contributed by atoms with Crippen LogP contribution in [0.2, 0.25) is 0 Å². The fourth-order valence-electron chi connectivity index (χ4n) is 2.74. The highest BCUT2D eigenvalue weighted by Gasteiger charge is 2.24. The zero-order valence-corrected chi connectivity index (χ0v) is 11.9. The minimum absolute atomic E-state index is 0.369. The summed E-state index contributed by atoms with van der Waals surface area (Å²) in [5.74, 6) is 1.85. The first-order valence-corrected chi connectivity index (χ1v) is 7.21. The third kappa shape index (κ3) is 3.36. The Morgan fingerprint density at radius 2 is 2.33 bits per heavy atom. The van der Waals surface area contributed by atoms with Crippen molar-refractivity contribution >= 4 is 0 Å². The summed E-state index contributed by atoms with van der Waals surface area (Å²) >= 11 is 0. The predicted octanol–water partition coefficient (Wildman–Crippen LogP) is 3.05. The Morgan fingerprint density at radius 3 is 2.89 bits per heavy atom. The van der Waals surface area contributed by atoms with Gasteiger partial charge in [-0.25, -0.2) is 0 Å². The Morgan fingerprint density at radius 1 is 1.50 bits per heavy atom. The van der Waals surface area contributed by atoms with E-state index in [0.717, 1.165) is 24.6 Å². The van der Waals surface area contributed by atoms with Crippen LogP contribution in [-0.2, 0) is 0 Å². The van der Waals surface area contributed by atoms with Gasteiger partial charge < -0.3 is 14.6 Å². The predicted molar refractivity (Wildman–Crippen MR) is 74.6 cm³/mol. The van der Waals surface area contributed by atoms with Crippen molar-refractivity contribution in [2.75, 3.05) is 19.6 Å². The van der Waals surface area contributed by atoms with Crippen molar-refractivity contribution < 1.29 is 4.42 Å². The van der Waals surface area contributed by atoms with Gasteiger partial charge in [0.25, 0.3) is 0 Å². The molecule has 3 nitrogen and oxygen atoms in total. The summed E-state index contributed by atoms with van der Waals surface area (Å²) in [6.07, 6.45) is 4.16. The Bertz CT molecular complexity index is 334. The molecular weight excluding hydrogens is 224 g/mol. The van der Waals surface area contributed by atoms with Crippen LogP contribution in [0, 0.1) is 5.92 Å². The lowest BCUT2D eigenvalue weighted by atomic mass is 10.1. The molecule has 0 aromatic carbocycles. The summed E-state index contributed by atoms with van der Waals surface area (Å²) in [6, 6.07) is 5.08. The van der Waals surface area contributed by atoms with E-state index in [-0.39, 0.29) is 0 Å². The molecule has 102 valence electrons. The molecule has 18 heavy (non-hydrogen) atoms. The largest absolute Gasteiger partial charge is 0.468 e. The third-order valence-corrected chi connectivity index (χ3v) is 4.00. The molecule has 0 amide bonds. The zero-order valence-electron chi connectivity index (χ0n) is 11.9. The van der Waals surface area contributed by atoms with E-state index in [9.17, 15) is 0 Å². The zero-order chi connectivity index (χ0) is 13.0. The van der Waals surface area contributed by atoms with Crippen LogP contribution in [0.1, 0.15) is 45.4 Å². The molecule has 1 N–H and O–H groups in total. The van der Waals surface area contributed by atoms with Crippen molar-refractivity contribution in [3.63, 3.8) is 0 Å². The number of likely N-dealkylation sites (tertiary alicyclic amines) is 1. The number of hydrogen-bond acceptors (Lipinski definition) is 3. The van der Waals surface area contributed by atoms with E-state index in [2.05, 4.69) is 37.1 Å². The number of furan rings is 1. The van der Waals surface area contributed by atoms with Crippen LogP contribution >= 0.6 is 0 Å². The Kier molecular flexibility index (Phi) is 4.84. The van der Waals surface area contributed by atoms with Gasteiger partial charge in [0.15, 0.2) is 0 Å². The molecule has 0 spiro atoms. The highest BCUT2D eigenvalue weighted by Crippen LogP contribution is 2.21. The highest BCUT2D eigenvalue weighted by molar-refractivity contribution is 5.04. The molecule has 1 saturated heterocycles. The first-order valence-electron chi connectivity index (χ1n) is 7.21. The maximum Gasteiger partial charge on any atom is 0.120 e.